The van der Waals surface area contributed by atoms with Gasteiger partial charge in [0.25, 0.3) is 11.5 Å². The number of ether oxygens (including phenoxy) is 1. The summed E-state index contributed by atoms with van der Waals surface area (Å²) in [6, 6.07) is 6.21. The molecule has 32 heavy (non-hydrogen) atoms. The van der Waals surface area contributed by atoms with E-state index in [2.05, 4.69) is 5.32 Å². The van der Waals surface area contributed by atoms with Gasteiger partial charge in [-0.2, -0.15) is 0 Å². The molecular formula is C21H25ClN4O6. The first kappa shape index (κ1) is 24.9. The number of hydrogen-bond acceptors (Lipinski definition) is 7. The van der Waals surface area contributed by atoms with Gasteiger partial charge in [0.2, 0.25) is 5.78 Å². The molecular weight excluding hydrogens is 440 g/mol. The van der Waals surface area contributed by atoms with Crippen molar-refractivity contribution in [2.24, 2.45) is 13.0 Å². The molecule has 0 aliphatic rings. The van der Waals surface area contributed by atoms with Crippen LogP contribution in [0.25, 0.3) is 0 Å². The molecule has 2 aromatic rings. The van der Waals surface area contributed by atoms with E-state index in [4.69, 9.17) is 22.1 Å². The first-order chi connectivity index (χ1) is 15.0. The number of ketones is 1. The number of carbonyl (C=O) groups is 3. The summed E-state index contributed by atoms with van der Waals surface area (Å²) in [6.45, 7) is 3.19. The van der Waals surface area contributed by atoms with Crippen LogP contribution < -0.4 is 22.3 Å². The number of benzene rings is 1. The van der Waals surface area contributed by atoms with Crippen molar-refractivity contribution >= 4 is 35.1 Å². The van der Waals surface area contributed by atoms with Gasteiger partial charge in [0.05, 0.1) is 6.42 Å². The van der Waals surface area contributed by atoms with Crippen LogP contribution in [0.4, 0.5) is 5.82 Å². The van der Waals surface area contributed by atoms with E-state index in [0.29, 0.717) is 10.6 Å². The number of anilines is 1. The van der Waals surface area contributed by atoms with Crippen LogP contribution in [0.1, 0.15) is 41.0 Å². The summed E-state index contributed by atoms with van der Waals surface area (Å²) >= 11 is 5.77. The molecule has 0 radical (unpaired) electrons. The predicted octanol–water partition coefficient (Wildman–Crippen LogP) is 0.985. The number of nitrogen functional groups attached to an aromatic ring is 1. The first-order valence-electron chi connectivity index (χ1n) is 9.84. The van der Waals surface area contributed by atoms with Crippen molar-refractivity contribution in [3.05, 3.63) is 61.3 Å². The van der Waals surface area contributed by atoms with Crippen molar-refractivity contribution in [1.29, 1.82) is 0 Å². The summed E-state index contributed by atoms with van der Waals surface area (Å²) in [5.74, 6) is -2.19. The SMILES string of the molecule is CC(C)Cn1c(N)c(C(=O)COC(=O)CCNC(=O)c2ccc(Cl)cc2)c(=O)n(C)c1=O. The summed E-state index contributed by atoms with van der Waals surface area (Å²) < 4.78 is 6.85. The number of nitrogens with two attached hydrogens (primary N) is 1. The number of nitrogens with one attached hydrogen (secondary N) is 1. The number of carbonyl (C=O) groups excluding carboxylic acids is 3. The summed E-state index contributed by atoms with van der Waals surface area (Å²) in [4.78, 5) is 61.1. The van der Waals surface area contributed by atoms with Gasteiger partial charge in [-0.3, -0.25) is 28.3 Å². The number of Topliss-reactive ketones (excluding diaryl/α,β-unsaturated/α-hetero) is 1. The van der Waals surface area contributed by atoms with Crippen LogP contribution in [0.3, 0.4) is 0 Å². The van der Waals surface area contributed by atoms with Crippen molar-refractivity contribution < 1.29 is 19.1 Å². The van der Waals surface area contributed by atoms with Gasteiger partial charge in [0, 0.05) is 30.7 Å². The number of rotatable bonds is 9. The third kappa shape index (κ3) is 6.07. The molecule has 3 N–H and O–H groups in total. The Bertz CT molecular complexity index is 1130. The number of nitrogens with zero attached hydrogens (tertiary/aromatic N) is 2. The van der Waals surface area contributed by atoms with Gasteiger partial charge in [0.1, 0.15) is 11.4 Å². The third-order valence-electron chi connectivity index (χ3n) is 4.50. The van der Waals surface area contributed by atoms with Gasteiger partial charge in [-0.25, -0.2) is 4.79 Å². The van der Waals surface area contributed by atoms with Crippen LogP contribution in [0.2, 0.25) is 5.02 Å². The van der Waals surface area contributed by atoms with Gasteiger partial charge in [-0.1, -0.05) is 25.4 Å². The Kier molecular flexibility index (Phi) is 8.36. The molecule has 11 heteroatoms. The van der Waals surface area contributed by atoms with Crippen LogP contribution >= 0.6 is 11.6 Å². The molecule has 0 spiro atoms. The summed E-state index contributed by atoms with van der Waals surface area (Å²) in [5.41, 5.74) is 4.40. The van der Waals surface area contributed by atoms with Crippen LogP contribution in [0.5, 0.6) is 0 Å². The average molecular weight is 465 g/mol. The highest BCUT2D eigenvalue weighted by atomic mass is 35.5. The average Bonchev–Trinajstić information content (AvgIpc) is 2.74. The molecule has 0 aliphatic carbocycles. The lowest BCUT2D eigenvalue weighted by molar-refractivity contribution is -0.142. The molecule has 1 heterocycles. The van der Waals surface area contributed by atoms with E-state index in [0.717, 1.165) is 9.13 Å². The molecule has 0 aliphatic heterocycles. The van der Waals surface area contributed by atoms with E-state index >= 15 is 0 Å². The quantitative estimate of drug-likeness (QED) is 0.416. The molecule has 1 aromatic heterocycles. The summed E-state index contributed by atoms with van der Waals surface area (Å²) in [6.07, 6.45) is -0.188. The Morgan fingerprint density at radius 1 is 1.16 bits per heavy atom. The minimum Gasteiger partial charge on any atom is -0.457 e. The number of hydrogen-bond donors (Lipinski definition) is 2. The Balaban J connectivity index is 1.97. The fourth-order valence-electron chi connectivity index (χ4n) is 2.86. The van der Waals surface area contributed by atoms with Crippen molar-refractivity contribution in [2.45, 2.75) is 26.8 Å². The minimum absolute atomic E-state index is 0.0162. The van der Waals surface area contributed by atoms with E-state index in [1.54, 1.807) is 12.1 Å². The maximum absolute atomic E-state index is 12.5. The highest BCUT2D eigenvalue weighted by Gasteiger charge is 2.23. The highest BCUT2D eigenvalue weighted by molar-refractivity contribution is 6.30. The number of halogens is 1. The predicted molar refractivity (Wildman–Crippen MR) is 119 cm³/mol. The molecule has 0 fully saturated rings. The lowest BCUT2D eigenvalue weighted by atomic mass is 10.1. The fraction of sp³-hybridized carbons (Fsp3) is 0.381. The second-order valence-electron chi connectivity index (χ2n) is 7.51. The Labute approximate surface area is 188 Å². The summed E-state index contributed by atoms with van der Waals surface area (Å²) in [5, 5.41) is 3.04. The Hall–Kier alpha value is -3.40. The standard InChI is InChI=1S/C21H25ClN4O6/c1-12(2)10-26-18(23)17(20(30)25(3)21(26)31)15(27)11-32-16(28)8-9-24-19(29)13-4-6-14(22)7-5-13/h4-7,12H,8-11,23H2,1-3H3,(H,24,29). The van der Waals surface area contributed by atoms with Crippen molar-refractivity contribution in [1.82, 2.24) is 14.5 Å². The van der Waals surface area contributed by atoms with E-state index in [-0.39, 0.29) is 31.2 Å². The maximum Gasteiger partial charge on any atom is 0.332 e. The Morgan fingerprint density at radius 3 is 2.38 bits per heavy atom. The van der Waals surface area contributed by atoms with E-state index in [1.165, 1.54) is 19.2 Å². The monoisotopic (exact) mass is 464 g/mol. The lowest BCUT2D eigenvalue weighted by Gasteiger charge is -2.16. The van der Waals surface area contributed by atoms with Crippen LogP contribution in [-0.2, 0) is 23.1 Å². The van der Waals surface area contributed by atoms with Crippen molar-refractivity contribution in [3.8, 4) is 0 Å². The molecule has 1 aromatic carbocycles. The first-order valence-corrected chi connectivity index (χ1v) is 10.2. The zero-order chi connectivity index (χ0) is 24.0. The molecule has 0 unspecified atom stereocenters. The second-order valence-corrected chi connectivity index (χ2v) is 7.94. The van der Waals surface area contributed by atoms with Gasteiger partial charge < -0.3 is 15.8 Å². The lowest BCUT2D eigenvalue weighted by Crippen LogP contribution is -2.43. The number of amides is 1. The zero-order valence-electron chi connectivity index (χ0n) is 18.0. The third-order valence-corrected chi connectivity index (χ3v) is 4.75. The molecule has 0 saturated carbocycles. The van der Waals surface area contributed by atoms with Crippen LogP contribution in [0.15, 0.2) is 33.9 Å². The fourth-order valence-corrected chi connectivity index (χ4v) is 2.98. The zero-order valence-corrected chi connectivity index (χ0v) is 18.8. The molecule has 10 nitrogen and oxygen atoms in total. The van der Waals surface area contributed by atoms with Gasteiger partial charge in [-0.15, -0.1) is 0 Å². The van der Waals surface area contributed by atoms with Gasteiger partial charge in [0.15, 0.2) is 6.61 Å². The van der Waals surface area contributed by atoms with Gasteiger partial charge in [-0.05, 0) is 30.2 Å². The Morgan fingerprint density at radius 2 is 1.78 bits per heavy atom. The largest absolute Gasteiger partial charge is 0.457 e. The molecule has 0 bridgehead atoms. The topological polar surface area (TPSA) is 142 Å². The smallest absolute Gasteiger partial charge is 0.332 e. The van der Waals surface area contributed by atoms with Crippen LogP contribution in [0, 0.1) is 5.92 Å². The van der Waals surface area contributed by atoms with Crippen molar-refractivity contribution in [3.63, 3.8) is 0 Å². The van der Waals surface area contributed by atoms with E-state index in [1.807, 2.05) is 13.8 Å². The summed E-state index contributed by atoms with van der Waals surface area (Å²) in [7, 11) is 1.24. The van der Waals surface area contributed by atoms with Crippen LogP contribution in [-0.4, -0.2) is 39.9 Å². The molecule has 2 rings (SSSR count). The molecule has 172 valence electrons. The number of esters is 1. The van der Waals surface area contributed by atoms with E-state index in [9.17, 15) is 24.0 Å². The molecule has 1 amide bonds. The highest BCUT2D eigenvalue weighted by Crippen LogP contribution is 2.10. The van der Waals surface area contributed by atoms with Gasteiger partial charge >= 0.3 is 11.7 Å². The number of aromatic nitrogens is 2. The van der Waals surface area contributed by atoms with Crippen molar-refractivity contribution in [2.75, 3.05) is 18.9 Å². The maximum atomic E-state index is 12.5. The molecule has 0 saturated heterocycles. The normalized spacial score (nSPS) is 10.8. The minimum atomic E-state index is -0.858. The second kappa shape index (κ2) is 10.8. The molecule has 0 atom stereocenters. The van der Waals surface area contributed by atoms with E-state index < -0.39 is 41.1 Å².